The van der Waals surface area contributed by atoms with Gasteiger partial charge >= 0.3 is 0 Å². The molecule has 0 saturated carbocycles. The maximum absolute atomic E-state index is 13.1. The molecule has 0 N–H and O–H groups in total. The van der Waals surface area contributed by atoms with E-state index in [4.69, 9.17) is 32.9 Å². The third kappa shape index (κ3) is 5.37. The highest BCUT2D eigenvalue weighted by Crippen LogP contribution is 2.41. The van der Waals surface area contributed by atoms with Crippen LogP contribution in [0.25, 0.3) is 0 Å². The smallest absolute Gasteiger partial charge is 0.228 e. The van der Waals surface area contributed by atoms with Crippen molar-refractivity contribution in [3.63, 3.8) is 0 Å². The molecule has 5 rings (SSSR count). The zero-order valence-electron chi connectivity index (χ0n) is 20.4. The first-order valence-electron chi connectivity index (χ1n) is 12.7. The minimum Gasteiger partial charge on any atom is -0.379 e. The Bertz CT molecular complexity index is 1060. The average Bonchev–Trinajstić information content (AvgIpc) is 2.86. The monoisotopic (exact) mass is 516 g/mol. The lowest BCUT2D eigenvalue weighted by molar-refractivity contribution is -0.120. The minimum absolute atomic E-state index is 0.137. The number of ether oxygens (including phenoxy) is 1. The average molecular weight is 518 g/mol. The van der Waals surface area contributed by atoms with Crippen molar-refractivity contribution in [2.45, 2.75) is 44.1 Å². The van der Waals surface area contributed by atoms with Crippen LogP contribution < -0.4 is 4.90 Å². The summed E-state index contributed by atoms with van der Waals surface area (Å²) in [5, 5.41) is 1.12. The number of aromatic nitrogens is 1. The number of likely N-dealkylation sites (tertiary alicyclic amines) is 1. The van der Waals surface area contributed by atoms with Crippen LogP contribution in [-0.2, 0) is 21.4 Å². The third-order valence-corrected chi connectivity index (χ3v) is 8.69. The lowest BCUT2D eigenvalue weighted by Crippen LogP contribution is -2.62. The summed E-state index contributed by atoms with van der Waals surface area (Å²) in [4.78, 5) is 24.8. The zero-order chi connectivity index (χ0) is 24.4. The Morgan fingerprint density at radius 3 is 2.66 bits per heavy atom. The van der Waals surface area contributed by atoms with Gasteiger partial charge in [0.15, 0.2) is 0 Å². The Labute approximate surface area is 218 Å². The van der Waals surface area contributed by atoms with Crippen molar-refractivity contribution in [2.75, 3.05) is 57.4 Å². The van der Waals surface area contributed by atoms with Crippen LogP contribution in [0.15, 0.2) is 36.4 Å². The topological polar surface area (TPSA) is 48.9 Å². The maximum Gasteiger partial charge on any atom is 0.228 e. The van der Waals surface area contributed by atoms with E-state index in [9.17, 15) is 4.79 Å². The fourth-order valence-corrected chi connectivity index (χ4v) is 5.95. The molecule has 35 heavy (non-hydrogen) atoms. The summed E-state index contributed by atoms with van der Waals surface area (Å²) in [6.45, 7) is 9.62. The molecule has 0 radical (unpaired) electrons. The second-order valence-corrected chi connectivity index (χ2v) is 10.9. The first kappa shape index (κ1) is 25.0. The van der Waals surface area contributed by atoms with Crippen LogP contribution in [0.4, 0.5) is 5.82 Å². The number of nitrogens with zero attached hydrogens (tertiary/aromatic N) is 4. The molecule has 3 aliphatic rings. The molecule has 1 unspecified atom stereocenters. The van der Waals surface area contributed by atoms with Crippen molar-refractivity contribution in [1.29, 1.82) is 0 Å². The van der Waals surface area contributed by atoms with Gasteiger partial charge in [0.1, 0.15) is 5.82 Å². The van der Waals surface area contributed by atoms with Crippen molar-refractivity contribution < 1.29 is 9.53 Å². The van der Waals surface area contributed by atoms with Gasteiger partial charge in [0.05, 0.1) is 23.3 Å². The molecule has 1 atom stereocenters. The fraction of sp³-hybridized carbons (Fsp3) is 0.556. The number of carbonyl (C=O) groups excluding carboxylic acids is 1. The Hall–Kier alpha value is -1.70. The van der Waals surface area contributed by atoms with E-state index < -0.39 is 0 Å². The molecule has 3 fully saturated rings. The number of hydrogen-bond donors (Lipinski definition) is 0. The molecule has 6 nitrogen and oxygen atoms in total. The van der Waals surface area contributed by atoms with Crippen LogP contribution in [0.3, 0.4) is 0 Å². The van der Waals surface area contributed by atoms with Gasteiger partial charge in [-0.05, 0) is 55.6 Å². The van der Waals surface area contributed by atoms with Crippen molar-refractivity contribution in [2.24, 2.45) is 0 Å². The minimum atomic E-state index is -0.198. The second kappa shape index (κ2) is 10.7. The van der Waals surface area contributed by atoms with E-state index in [2.05, 4.69) is 22.8 Å². The van der Waals surface area contributed by atoms with Crippen molar-refractivity contribution in [1.82, 2.24) is 14.8 Å². The molecule has 8 heteroatoms. The number of piperidine rings is 1. The van der Waals surface area contributed by atoms with Gasteiger partial charge in [-0.2, -0.15) is 0 Å². The molecule has 2 aromatic rings. The van der Waals surface area contributed by atoms with Gasteiger partial charge in [0.2, 0.25) is 5.91 Å². The number of morpholine rings is 1. The second-order valence-electron chi connectivity index (χ2n) is 10.0. The van der Waals surface area contributed by atoms with Crippen LogP contribution in [0.2, 0.25) is 10.0 Å². The van der Waals surface area contributed by atoms with Gasteiger partial charge in [-0.1, -0.05) is 42.3 Å². The van der Waals surface area contributed by atoms with Gasteiger partial charge in [-0.3, -0.25) is 14.6 Å². The normalized spacial score (nSPS) is 24.5. The Kier molecular flexibility index (Phi) is 7.66. The molecule has 1 amide bonds. The molecular weight excluding hydrogens is 483 g/mol. The van der Waals surface area contributed by atoms with Crippen molar-refractivity contribution in [3.05, 3.63) is 57.7 Å². The number of anilines is 1. The first-order chi connectivity index (χ1) is 17.0. The molecule has 1 aromatic heterocycles. The molecule has 188 valence electrons. The van der Waals surface area contributed by atoms with Gasteiger partial charge in [0, 0.05) is 56.3 Å². The highest BCUT2D eigenvalue weighted by atomic mass is 35.5. The number of hydrogen-bond acceptors (Lipinski definition) is 5. The number of rotatable bonds is 7. The maximum atomic E-state index is 13.1. The number of pyridine rings is 1. The predicted molar refractivity (Wildman–Crippen MR) is 141 cm³/mol. The summed E-state index contributed by atoms with van der Waals surface area (Å²) in [7, 11) is 0. The van der Waals surface area contributed by atoms with E-state index in [-0.39, 0.29) is 11.3 Å². The lowest BCUT2D eigenvalue weighted by Gasteiger charge is -2.49. The molecule has 1 aromatic carbocycles. The number of carbonyl (C=O) groups is 1. The predicted octanol–water partition coefficient (Wildman–Crippen LogP) is 4.42. The standard InChI is InChI=1S/C27H34Cl2N4O2/c1-2-21-4-3-5-25(30-21)33-19-27(9-8-26(33)34,20-6-7-23(28)24(29)16-20)10-11-31-17-22(18-31)32-12-14-35-15-13-32/h3-7,16,22H,2,8-15,17-19H2,1H3. The molecule has 3 aliphatic heterocycles. The quantitative estimate of drug-likeness (QED) is 0.544. The van der Waals surface area contributed by atoms with E-state index in [0.29, 0.717) is 29.1 Å². The largest absolute Gasteiger partial charge is 0.379 e. The summed E-state index contributed by atoms with van der Waals surface area (Å²) in [6.07, 6.45) is 3.09. The van der Waals surface area contributed by atoms with Crippen LogP contribution in [0.1, 0.15) is 37.4 Å². The van der Waals surface area contributed by atoms with Gasteiger partial charge < -0.3 is 9.64 Å². The zero-order valence-corrected chi connectivity index (χ0v) is 21.9. The summed E-state index contributed by atoms with van der Waals surface area (Å²) in [5.41, 5.74) is 1.95. The first-order valence-corrected chi connectivity index (χ1v) is 13.5. The molecule has 0 spiro atoms. The summed E-state index contributed by atoms with van der Waals surface area (Å²) in [5.74, 6) is 0.882. The summed E-state index contributed by atoms with van der Waals surface area (Å²) < 4.78 is 5.51. The highest BCUT2D eigenvalue weighted by Gasteiger charge is 2.42. The van der Waals surface area contributed by atoms with Crippen molar-refractivity contribution in [3.8, 4) is 0 Å². The fourth-order valence-electron chi connectivity index (χ4n) is 5.65. The Balaban J connectivity index is 1.35. The highest BCUT2D eigenvalue weighted by molar-refractivity contribution is 6.42. The van der Waals surface area contributed by atoms with E-state index in [1.54, 1.807) is 0 Å². The molecule has 0 bridgehead atoms. The lowest BCUT2D eigenvalue weighted by atomic mass is 9.71. The van der Waals surface area contributed by atoms with E-state index in [1.807, 2.05) is 35.2 Å². The van der Waals surface area contributed by atoms with E-state index in [1.165, 1.54) is 0 Å². The molecule has 4 heterocycles. The van der Waals surface area contributed by atoms with E-state index >= 15 is 0 Å². The number of amides is 1. The van der Waals surface area contributed by atoms with Gasteiger partial charge in [-0.25, -0.2) is 4.98 Å². The Morgan fingerprint density at radius 1 is 1.11 bits per heavy atom. The van der Waals surface area contributed by atoms with Crippen LogP contribution >= 0.6 is 23.2 Å². The number of aryl methyl sites for hydroxylation is 1. The van der Waals surface area contributed by atoms with Crippen LogP contribution in [-0.4, -0.2) is 79.2 Å². The van der Waals surface area contributed by atoms with Crippen LogP contribution in [0.5, 0.6) is 0 Å². The summed E-state index contributed by atoms with van der Waals surface area (Å²) in [6, 6.07) is 12.6. The van der Waals surface area contributed by atoms with Gasteiger partial charge in [0.25, 0.3) is 0 Å². The molecular formula is C27H34Cl2N4O2. The van der Waals surface area contributed by atoms with Crippen molar-refractivity contribution >= 4 is 34.9 Å². The Morgan fingerprint density at radius 2 is 1.91 bits per heavy atom. The summed E-state index contributed by atoms with van der Waals surface area (Å²) >= 11 is 12.7. The van der Waals surface area contributed by atoms with E-state index in [0.717, 1.165) is 82.3 Å². The SMILES string of the molecule is CCc1cccc(N2CC(CCN3CC(N4CCOCC4)C3)(c3ccc(Cl)c(Cl)c3)CCC2=O)n1. The number of benzene rings is 1. The molecule has 3 saturated heterocycles. The van der Waals surface area contributed by atoms with Gasteiger partial charge in [-0.15, -0.1) is 0 Å². The third-order valence-electron chi connectivity index (χ3n) is 7.95. The van der Waals surface area contributed by atoms with Crippen LogP contribution in [0, 0.1) is 0 Å². The molecule has 0 aliphatic carbocycles. The number of halogens is 2.